The van der Waals surface area contributed by atoms with Gasteiger partial charge in [0.2, 0.25) is 5.91 Å². The van der Waals surface area contributed by atoms with Gasteiger partial charge in [0.25, 0.3) is 0 Å². The molecule has 1 heterocycles. The van der Waals surface area contributed by atoms with Crippen molar-refractivity contribution in [3.8, 4) is 6.07 Å². The van der Waals surface area contributed by atoms with Gasteiger partial charge in [0.1, 0.15) is 0 Å². The van der Waals surface area contributed by atoms with Crippen LogP contribution in [0.1, 0.15) is 25.0 Å². The van der Waals surface area contributed by atoms with Crippen LogP contribution in [0.5, 0.6) is 0 Å². The van der Waals surface area contributed by atoms with Crippen molar-refractivity contribution in [1.82, 2.24) is 4.90 Å². The molecule has 1 aliphatic carbocycles. The molecular formula is C20H20N2O3. The lowest BCUT2D eigenvalue weighted by Crippen LogP contribution is -2.61. The second kappa shape index (κ2) is 6.66. The van der Waals surface area contributed by atoms with Gasteiger partial charge in [0, 0.05) is 6.04 Å². The maximum Gasteiger partial charge on any atom is 0.231 e. The summed E-state index contributed by atoms with van der Waals surface area (Å²) in [6.45, 7) is 4.15. The molecule has 2 aliphatic rings. The lowest BCUT2D eigenvalue weighted by Gasteiger charge is -2.48. The zero-order valence-electron chi connectivity index (χ0n) is 14.3. The molecule has 0 radical (unpaired) electrons. The van der Waals surface area contributed by atoms with Crippen LogP contribution >= 0.6 is 0 Å². The van der Waals surface area contributed by atoms with E-state index in [0.29, 0.717) is 12.0 Å². The molecule has 1 aliphatic heterocycles. The van der Waals surface area contributed by atoms with Crippen LogP contribution in [0.3, 0.4) is 0 Å². The third-order valence-corrected chi connectivity index (χ3v) is 4.53. The molecule has 0 bridgehead atoms. The molecule has 1 spiro atoms. The number of allylic oxidation sites excluding steroid dienone is 2. The molecule has 5 heteroatoms. The van der Waals surface area contributed by atoms with E-state index in [1.54, 1.807) is 29.2 Å². The van der Waals surface area contributed by atoms with Crippen LogP contribution in [0.4, 0.5) is 0 Å². The van der Waals surface area contributed by atoms with Crippen molar-refractivity contribution in [3.05, 3.63) is 59.7 Å². The number of hydrogen-bond acceptors (Lipinski definition) is 4. The number of benzene rings is 1. The van der Waals surface area contributed by atoms with E-state index >= 15 is 0 Å². The molecule has 5 nitrogen and oxygen atoms in total. The van der Waals surface area contributed by atoms with E-state index < -0.39 is 5.72 Å². The summed E-state index contributed by atoms with van der Waals surface area (Å²) in [5.74, 6) is -0.389. The Morgan fingerprint density at radius 1 is 1.24 bits per heavy atom. The highest BCUT2D eigenvalue weighted by Crippen LogP contribution is 2.34. The van der Waals surface area contributed by atoms with E-state index in [2.05, 4.69) is 6.07 Å². The predicted molar refractivity (Wildman–Crippen MR) is 92.3 cm³/mol. The molecule has 3 rings (SSSR count). The molecule has 0 N–H and O–H groups in total. The van der Waals surface area contributed by atoms with Crippen LogP contribution in [0.15, 0.2) is 48.6 Å². The van der Waals surface area contributed by atoms with Crippen LogP contribution in [0.25, 0.3) is 0 Å². The summed E-state index contributed by atoms with van der Waals surface area (Å²) in [5, 5.41) is 8.88. The van der Waals surface area contributed by atoms with Crippen molar-refractivity contribution < 1.29 is 14.3 Å². The van der Waals surface area contributed by atoms with Crippen LogP contribution in [-0.4, -0.2) is 35.0 Å². The van der Waals surface area contributed by atoms with E-state index in [9.17, 15) is 9.59 Å². The van der Waals surface area contributed by atoms with Crippen molar-refractivity contribution in [2.75, 3.05) is 6.61 Å². The van der Waals surface area contributed by atoms with E-state index in [-0.39, 0.29) is 30.3 Å². The van der Waals surface area contributed by atoms with Crippen molar-refractivity contribution in [3.63, 3.8) is 0 Å². The molecule has 25 heavy (non-hydrogen) atoms. The Balaban J connectivity index is 1.82. The number of rotatable bonds is 3. The minimum atomic E-state index is -0.972. The summed E-state index contributed by atoms with van der Waals surface area (Å²) in [6, 6.07) is 9.26. The first kappa shape index (κ1) is 17.1. The monoisotopic (exact) mass is 336 g/mol. The van der Waals surface area contributed by atoms with Gasteiger partial charge in [-0.2, -0.15) is 5.26 Å². The van der Waals surface area contributed by atoms with Gasteiger partial charge in [-0.15, -0.1) is 0 Å². The average molecular weight is 336 g/mol. The molecule has 1 fully saturated rings. The number of ketones is 1. The number of carbonyl (C=O) groups excluding carboxylic acids is 2. The van der Waals surface area contributed by atoms with Crippen molar-refractivity contribution in [1.29, 1.82) is 5.26 Å². The van der Waals surface area contributed by atoms with Gasteiger partial charge in [0.05, 0.1) is 24.2 Å². The fraction of sp³-hybridized carbons (Fsp3) is 0.350. The number of hydrogen-bond donors (Lipinski definition) is 0. The minimum absolute atomic E-state index is 0.00857. The van der Waals surface area contributed by atoms with Crippen LogP contribution in [0, 0.1) is 17.2 Å². The summed E-state index contributed by atoms with van der Waals surface area (Å²) in [4.78, 5) is 26.2. The second-order valence-corrected chi connectivity index (χ2v) is 6.64. The average Bonchev–Trinajstić information content (AvgIpc) is 2.60. The molecule has 1 amide bonds. The summed E-state index contributed by atoms with van der Waals surface area (Å²) in [5.41, 5.74) is 0.616. The van der Waals surface area contributed by atoms with Crippen LogP contribution in [0.2, 0.25) is 0 Å². The van der Waals surface area contributed by atoms with Crippen LogP contribution in [-0.2, 0) is 20.7 Å². The SMILES string of the molecule is CC(C)N1C(=O)C(Cc2ccc(C#N)cc2)COC12C=CC(=O)C=C2. The first-order valence-corrected chi connectivity index (χ1v) is 8.34. The van der Waals surface area contributed by atoms with Crippen molar-refractivity contribution in [2.45, 2.75) is 32.0 Å². The minimum Gasteiger partial charge on any atom is -0.347 e. The smallest absolute Gasteiger partial charge is 0.231 e. The highest BCUT2D eigenvalue weighted by Gasteiger charge is 2.46. The quantitative estimate of drug-likeness (QED) is 0.850. The van der Waals surface area contributed by atoms with E-state index in [1.807, 2.05) is 26.0 Å². The number of nitrogens with zero attached hydrogens (tertiary/aromatic N) is 2. The number of ether oxygens (including phenoxy) is 1. The Kier molecular flexibility index (Phi) is 4.56. The largest absolute Gasteiger partial charge is 0.347 e. The van der Waals surface area contributed by atoms with Crippen molar-refractivity contribution >= 4 is 11.7 Å². The highest BCUT2D eigenvalue weighted by atomic mass is 16.5. The van der Waals surface area contributed by atoms with Gasteiger partial charge in [-0.3, -0.25) is 9.59 Å². The Morgan fingerprint density at radius 2 is 1.88 bits per heavy atom. The zero-order chi connectivity index (χ0) is 18.0. The molecule has 0 saturated carbocycles. The number of carbonyl (C=O) groups is 2. The van der Waals surface area contributed by atoms with Gasteiger partial charge in [-0.05, 0) is 62.3 Å². The van der Waals surface area contributed by atoms with Gasteiger partial charge in [-0.25, -0.2) is 0 Å². The molecule has 0 aromatic heterocycles. The molecule has 1 atom stereocenters. The predicted octanol–water partition coefficient (Wildman–Crippen LogP) is 2.38. The highest BCUT2D eigenvalue weighted by molar-refractivity contribution is 6.01. The number of amides is 1. The Hall–Kier alpha value is -2.71. The molecule has 1 saturated heterocycles. The zero-order valence-corrected chi connectivity index (χ0v) is 14.3. The molecular weight excluding hydrogens is 316 g/mol. The third-order valence-electron chi connectivity index (χ3n) is 4.53. The van der Waals surface area contributed by atoms with E-state index in [1.165, 1.54) is 12.2 Å². The fourth-order valence-corrected chi connectivity index (χ4v) is 3.32. The number of nitriles is 1. The lowest BCUT2D eigenvalue weighted by atomic mass is 9.92. The maximum atomic E-state index is 13.1. The molecule has 128 valence electrons. The van der Waals surface area contributed by atoms with Gasteiger partial charge in [0.15, 0.2) is 11.5 Å². The summed E-state index contributed by atoms with van der Waals surface area (Å²) < 4.78 is 6.06. The van der Waals surface area contributed by atoms with Crippen LogP contribution < -0.4 is 0 Å². The van der Waals surface area contributed by atoms with Gasteiger partial charge >= 0.3 is 0 Å². The second-order valence-electron chi connectivity index (χ2n) is 6.64. The first-order valence-electron chi connectivity index (χ1n) is 8.34. The third kappa shape index (κ3) is 3.26. The standard InChI is InChI=1S/C20H20N2O3/c1-14(2)22-19(24)17(11-15-3-5-16(12-21)6-4-15)13-25-20(22)9-7-18(23)8-10-20/h3-10,14,17H,11,13H2,1-2H3. The Morgan fingerprint density at radius 3 is 2.44 bits per heavy atom. The summed E-state index contributed by atoms with van der Waals surface area (Å²) in [6.07, 6.45) is 6.76. The van der Waals surface area contributed by atoms with E-state index in [0.717, 1.165) is 5.56 Å². The maximum absolute atomic E-state index is 13.1. The topological polar surface area (TPSA) is 70.4 Å². The first-order chi connectivity index (χ1) is 11.9. The summed E-state index contributed by atoms with van der Waals surface area (Å²) >= 11 is 0. The van der Waals surface area contributed by atoms with Gasteiger partial charge in [-0.1, -0.05) is 12.1 Å². The Labute approximate surface area is 147 Å². The Bertz CT molecular complexity index is 768. The van der Waals surface area contributed by atoms with E-state index in [4.69, 9.17) is 10.00 Å². The fourth-order valence-electron chi connectivity index (χ4n) is 3.32. The summed E-state index contributed by atoms with van der Waals surface area (Å²) in [7, 11) is 0. The molecule has 1 aromatic carbocycles. The van der Waals surface area contributed by atoms with Crippen molar-refractivity contribution in [2.24, 2.45) is 5.92 Å². The van der Waals surface area contributed by atoms with Gasteiger partial charge < -0.3 is 9.64 Å². The normalized spacial score (nSPS) is 21.8. The lowest BCUT2D eigenvalue weighted by molar-refractivity contribution is -0.185. The molecule has 1 aromatic rings. The molecule has 1 unspecified atom stereocenters.